The quantitative estimate of drug-likeness (QED) is 0.442. The first-order valence-corrected chi connectivity index (χ1v) is 2.64. The Hall–Kier alpha value is -0.220. The van der Waals surface area contributed by atoms with Gasteiger partial charge in [-0.25, -0.2) is 0 Å². The number of halogens is 6. The molecule has 58 valence electrons. The first-order chi connectivity index (χ1) is 4.46. The van der Waals surface area contributed by atoms with Gasteiger partial charge in [-0.1, -0.05) is 11.6 Å². The minimum atomic E-state index is -2.71. The topological polar surface area (TPSA) is 0 Å². The molecule has 0 heterocycles. The maximum Gasteiger partial charge on any atom is 0.307 e. The Morgan fingerprint density at radius 3 is 1.40 bits per heavy atom. The number of rotatable bonds is 1. The molecule has 6 heteroatoms. The molecule has 0 aliphatic rings. The first kappa shape index (κ1) is 9.78. The molecule has 0 aromatic carbocycles. The van der Waals surface area contributed by atoms with E-state index in [9.17, 15) is 17.6 Å². The van der Waals surface area contributed by atoms with Crippen LogP contribution in [-0.2, 0) is 0 Å². The Labute approximate surface area is 63.7 Å². The van der Waals surface area contributed by atoms with Gasteiger partial charge in [-0.15, -0.1) is 0 Å². The molecule has 0 bridgehead atoms. The van der Waals surface area contributed by atoms with Crippen molar-refractivity contribution in [2.45, 2.75) is 0 Å². The lowest BCUT2D eigenvalue weighted by Crippen LogP contribution is -1.76. The Balaban J connectivity index is 4.71. The van der Waals surface area contributed by atoms with Gasteiger partial charge >= 0.3 is 6.08 Å². The fourth-order valence-corrected chi connectivity index (χ4v) is 0.320. The first-order valence-electron chi connectivity index (χ1n) is 1.88. The van der Waals surface area contributed by atoms with Crippen LogP contribution in [0.3, 0.4) is 0 Å². The fourth-order valence-electron chi connectivity index (χ4n) is 0.166. The molecule has 0 rings (SSSR count). The predicted molar refractivity (Wildman–Crippen MR) is 30.2 cm³/mol. The van der Waals surface area contributed by atoms with Gasteiger partial charge in [0.2, 0.25) is 11.1 Å². The van der Waals surface area contributed by atoms with E-state index in [0.717, 1.165) is 0 Å². The molecular formula is C4Cl2F4. The second-order valence-corrected chi connectivity index (χ2v) is 1.86. The van der Waals surface area contributed by atoms with Crippen molar-refractivity contribution in [1.29, 1.82) is 0 Å². The maximum absolute atomic E-state index is 11.8. The van der Waals surface area contributed by atoms with Crippen molar-refractivity contribution in [3.05, 3.63) is 22.2 Å². The van der Waals surface area contributed by atoms with Crippen LogP contribution < -0.4 is 0 Å². The summed E-state index contributed by atoms with van der Waals surface area (Å²) in [6.07, 6.45) is -2.71. The van der Waals surface area contributed by atoms with Crippen LogP contribution in [0.4, 0.5) is 17.6 Å². The zero-order chi connectivity index (χ0) is 8.31. The second-order valence-electron chi connectivity index (χ2n) is 1.15. The third kappa shape index (κ3) is 2.58. The van der Waals surface area contributed by atoms with Gasteiger partial charge < -0.3 is 0 Å². The molecule has 0 atom stereocenters. The number of hydrogen-bond donors (Lipinski definition) is 0. The van der Waals surface area contributed by atoms with Crippen molar-refractivity contribution < 1.29 is 17.6 Å². The van der Waals surface area contributed by atoms with Gasteiger partial charge in [0.05, 0.1) is 0 Å². The predicted octanol–water partition coefficient (Wildman–Crippen LogP) is 3.68. The standard InChI is InChI=1S/C4Cl2F4/c5-1(3(6)8)2(7)4(9)10. The summed E-state index contributed by atoms with van der Waals surface area (Å²) in [5.41, 5.74) is 0. The normalized spacial score (nSPS) is 12.6. The molecule has 0 spiro atoms. The molecule has 0 aliphatic heterocycles. The highest BCUT2D eigenvalue weighted by atomic mass is 35.5. The van der Waals surface area contributed by atoms with Crippen molar-refractivity contribution in [2.24, 2.45) is 0 Å². The smallest absolute Gasteiger partial charge is 0.199 e. The largest absolute Gasteiger partial charge is 0.307 e. The summed E-state index contributed by atoms with van der Waals surface area (Å²) in [5, 5.41) is -3.12. The Morgan fingerprint density at radius 1 is 0.900 bits per heavy atom. The average molecular weight is 195 g/mol. The summed E-state index contributed by atoms with van der Waals surface area (Å²) < 4.78 is 45.8. The van der Waals surface area contributed by atoms with E-state index in [2.05, 4.69) is 23.2 Å². The van der Waals surface area contributed by atoms with Crippen LogP contribution in [0.15, 0.2) is 22.2 Å². The molecule has 0 aromatic rings. The summed E-state index contributed by atoms with van der Waals surface area (Å²) in [4.78, 5) is 0. The van der Waals surface area contributed by atoms with Crippen LogP contribution in [0.1, 0.15) is 0 Å². The molecule has 0 saturated heterocycles. The van der Waals surface area contributed by atoms with Gasteiger partial charge in [-0.3, -0.25) is 0 Å². The van der Waals surface area contributed by atoms with E-state index in [-0.39, 0.29) is 0 Å². The third-order valence-electron chi connectivity index (χ3n) is 0.525. The summed E-state index contributed by atoms with van der Waals surface area (Å²) >= 11 is 9.06. The van der Waals surface area contributed by atoms with Crippen LogP contribution in [0, 0.1) is 0 Å². The van der Waals surface area contributed by atoms with E-state index < -0.39 is 22.2 Å². The molecule has 0 radical (unpaired) electrons. The maximum atomic E-state index is 11.8. The minimum absolute atomic E-state index is 1.42. The zero-order valence-electron chi connectivity index (χ0n) is 4.27. The van der Waals surface area contributed by atoms with Crippen LogP contribution >= 0.6 is 23.2 Å². The van der Waals surface area contributed by atoms with E-state index in [1.807, 2.05) is 0 Å². The fraction of sp³-hybridized carbons (Fsp3) is 0. The molecule has 0 aliphatic carbocycles. The molecule has 0 N–H and O–H groups in total. The lowest BCUT2D eigenvalue weighted by Gasteiger charge is -1.89. The van der Waals surface area contributed by atoms with E-state index >= 15 is 0 Å². The van der Waals surface area contributed by atoms with Crippen molar-refractivity contribution in [3.8, 4) is 0 Å². The summed E-state index contributed by atoms with van der Waals surface area (Å²) in [6, 6.07) is 0. The van der Waals surface area contributed by atoms with Gasteiger partial charge in [0, 0.05) is 0 Å². The zero-order valence-corrected chi connectivity index (χ0v) is 5.78. The Kier molecular flexibility index (Phi) is 3.75. The molecule has 0 saturated carbocycles. The van der Waals surface area contributed by atoms with Gasteiger partial charge in [-0.2, -0.15) is 17.6 Å². The molecule has 10 heavy (non-hydrogen) atoms. The van der Waals surface area contributed by atoms with Crippen LogP contribution in [0.5, 0.6) is 0 Å². The minimum Gasteiger partial charge on any atom is -0.199 e. The Bertz CT molecular complexity index is 165. The van der Waals surface area contributed by atoms with Crippen LogP contribution in [0.2, 0.25) is 0 Å². The van der Waals surface area contributed by atoms with E-state index in [0.29, 0.717) is 0 Å². The molecule has 0 nitrogen and oxygen atoms in total. The number of hydrogen-bond acceptors (Lipinski definition) is 0. The van der Waals surface area contributed by atoms with Gasteiger partial charge in [0.25, 0.3) is 0 Å². The number of allylic oxidation sites excluding steroid dienone is 2. The van der Waals surface area contributed by atoms with E-state index in [1.165, 1.54) is 0 Å². The van der Waals surface area contributed by atoms with Crippen molar-refractivity contribution in [2.75, 3.05) is 0 Å². The monoisotopic (exact) mass is 194 g/mol. The van der Waals surface area contributed by atoms with Crippen molar-refractivity contribution in [1.82, 2.24) is 0 Å². The molecular weight excluding hydrogens is 195 g/mol. The molecule has 0 fully saturated rings. The summed E-state index contributed by atoms with van der Waals surface area (Å²) in [7, 11) is 0. The summed E-state index contributed by atoms with van der Waals surface area (Å²) in [6.45, 7) is 0. The molecule has 0 unspecified atom stereocenters. The summed E-state index contributed by atoms with van der Waals surface area (Å²) in [5.74, 6) is -2.14. The SMILES string of the molecule is FC(F)=C(F)C(Cl)=C(F)Cl. The van der Waals surface area contributed by atoms with Crippen LogP contribution in [-0.4, -0.2) is 0 Å². The van der Waals surface area contributed by atoms with Gasteiger partial charge in [-0.05, 0) is 11.6 Å². The second kappa shape index (κ2) is 3.83. The van der Waals surface area contributed by atoms with Crippen molar-refractivity contribution >= 4 is 23.2 Å². The molecule has 0 amide bonds. The van der Waals surface area contributed by atoms with E-state index in [1.54, 1.807) is 0 Å². The van der Waals surface area contributed by atoms with E-state index in [4.69, 9.17) is 0 Å². The highest BCUT2D eigenvalue weighted by molar-refractivity contribution is 6.39. The highest BCUT2D eigenvalue weighted by Gasteiger charge is 2.13. The highest BCUT2D eigenvalue weighted by Crippen LogP contribution is 2.27. The molecule has 0 aromatic heterocycles. The Morgan fingerprint density at radius 2 is 1.30 bits per heavy atom. The van der Waals surface area contributed by atoms with Crippen LogP contribution in [0.25, 0.3) is 0 Å². The average Bonchev–Trinajstić information content (AvgIpc) is 1.84. The lowest BCUT2D eigenvalue weighted by atomic mass is 10.5. The van der Waals surface area contributed by atoms with Gasteiger partial charge in [0.15, 0.2) is 0 Å². The van der Waals surface area contributed by atoms with Crippen molar-refractivity contribution in [3.63, 3.8) is 0 Å². The third-order valence-corrected chi connectivity index (χ3v) is 1.14. The lowest BCUT2D eigenvalue weighted by molar-refractivity contribution is 0.385. The van der Waals surface area contributed by atoms with Gasteiger partial charge in [0.1, 0.15) is 5.03 Å².